The Morgan fingerprint density at radius 3 is 2.54 bits per heavy atom. The van der Waals surface area contributed by atoms with Crippen molar-refractivity contribution in [2.45, 2.75) is 22.5 Å². The van der Waals surface area contributed by atoms with Crippen molar-refractivity contribution in [3.63, 3.8) is 0 Å². The molecule has 0 spiro atoms. The minimum absolute atomic E-state index is 0.0693. The second-order valence-electron chi connectivity index (χ2n) is 5.71. The van der Waals surface area contributed by atoms with Crippen molar-refractivity contribution in [1.29, 1.82) is 0 Å². The number of aromatic nitrogens is 1. The molecule has 0 radical (unpaired) electrons. The first-order valence-electron chi connectivity index (χ1n) is 7.85. The molecule has 0 atom stereocenters. The summed E-state index contributed by atoms with van der Waals surface area (Å²) < 4.78 is 27.6. The molecule has 2 aromatic carbocycles. The number of hydrogen-bond donors (Lipinski definition) is 1. The Morgan fingerprint density at radius 1 is 1.12 bits per heavy atom. The molecule has 4 nitrogen and oxygen atoms in total. The summed E-state index contributed by atoms with van der Waals surface area (Å²) in [5.74, 6) is 0.803. The van der Waals surface area contributed by atoms with Gasteiger partial charge in [-0.25, -0.2) is 8.42 Å². The number of thioether (sulfide) groups is 1. The zero-order chi connectivity index (χ0) is 18.6. The minimum atomic E-state index is -3.73. The van der Waals surface area contributed by atoms with Crippen LogP contribution in [0.4, 0.5) is 5.69 Å². The first-order chi connectivity index (χ1) is 12.4. The molecule has 26 heavy (non-hydrogen) atoms. The second-order valence-corrected chi connectivity index (χ2v) is 8.82. The Morgan fingerprint density at radius 2 is 1.88 bits per heavy atom. The Hall–Kier alpha value is -2.02. The van der Waals surface area contributed by atoms with Gasteiger partial charge in [-0.1, -0.05) is 23.7 Å². The van der Waals surface area contributed by atoms with Crippen molar-refractivity contribution in [3.8, 4) is 0 Å². The maximum absolute atomic E-state index is 12.5. The minimum Gasteiger partial charge on any atom is -0.280 e. The van der Waals surface area contributed by atoms with E-state index in [0.29, 0.717) is 5.69 Å². The van der Waals surface area contributed by atoms with E-state index in [1.165, 1.54) is 6.07 Å². The molecule has 1 N–H and O–H groups in total. The number of anilines is 1. The van der Waals surface area contributed by atoms with Gasteiger partial charge in [-0.15, -0.1) is 11.8 Å². The highest BCUT2D eigenvalue weighted by atomic mass is 35.5. The van der Waals surface area contributed by atoms with Gasteiger partial charge >= 0.3 is 0 Å². The molecule has 0 aliphatic rings. The van der Waals surface area contributed by atoms with Gasteiger partial charge in [0.25, 0.3) is 10.0 Å². The average Bonchev–Trinajstić information content (AvgIpc) is 2.61. The Balaban J connectivity index is 1.68. The number of pyridine rings is 1. The van der Waals surface area contributed by atoms with Gasteiger partial charge in [0, 0.05) is 28.7 Å². The lowest BCUT2D eigenvalue weighted by Crippen LogP contribution is -2.13. The zero-order valence-corrected chi connectivity index (χ0v) is 16.4. The summed E-state index contributed by atoms with van der Waals surface area (Å²) in [6, 6.07) is 16.0. The van der Waals surface area contributed by atoms with Gasteiger partial charge in [-0.3, -0.25) is 9.71 Å². The molecule has 0 aliphatic carbocycles. The monoisotopic (exact) mass is 404 g/mol. The molecule has 0 unspecified atom stereocenters. The summed E-state index contributed by atoms with van der Waals surface area (Å²) in [4.78, 5) is 5.21. The normalized spacial score (nSPS) is 11.3. The third kappa shape index (κ3) is 4.78. The van der Waals surface area contributed by atoms with E-state index in [1.807, 2.05) is 37.4 Å². The standard InChI is InChI=1S/C19H17ClN2O2S2/c1-14-4-9-19(18(20)11-14)26(23,24)22-16-5-7-17(8-6-16)25-13-15-3-2-10-21-12-15/h2-12,22H,13H2,1H3. The van der Waals surface area contributed by atoms with Gasteiger partial charge in [0.05, 0.1) is 5.02 Å². The van der Waals surface area contributed by atoms with Crippen molar-refractivity contribution >= 4 is 39.1 Å². The molecule has 0 fully saturated rings. The predicted molar refractivity (Wildman–Crippen MR) is 107 cm³/mol. The average molecular weight is 405 g/mol. The van der Waals surface area contributed by atoms with E-state index in [-0.39, 0.29) is 9.92 Å². The number of nitrogens with one attached hydrogen (secondary N) is 1. The number of rotatable bonds is 6. The number of aryl methyl sites for hydroxylation is 1. The number of sulfonamides is 1. The maximum atomic E-state index is 12.5. The number of benzene rings is 2. The van der Waals surface area contributed by atoms with E-state index in [0.717, 1.165) is 21.8 Å². The molecular weight excluding hydrogens is 388 g/mol. The van der Waals surface area contributed by atoms with Gasteiger partial charge in [0.2, 0.25) is 0 Å². The molecule has 3 aromatic rings. The van der Waals surface area contributed by atoms with Crippen LogP contribution in [0.3, 0.4) is 0 Å². The van der Waals surface area contributed by atoms with E-state index in [2.05, 4.69) is 9.71 Å². The summed E-state index contributed by atoms with van der Waals surface area (Å²) in [7, 11) is -3.73. The molecular formula is C19H17ClN2O2S2. The van der Waals surface area contributed by atoms with Crippen LogP contribution >= 0.6 is 23.4 Å². The smallest absolute Gasteiger partial charge is 0.263 e. The highest BCUT2D eigenvalue weighted by Gasteiger charge is 2.18. The zero-order valence-electron chi connectivity index (χ0n) is 14.0. The predicted octanol–water partition coefficient (Wildman–Crippen LogP) is 5.14. The fourth-order valence-corrected chi connectivity index (χ4v) is 4.79. The van der Waals surface area contributed by atoms with Gasteiger partial charge in [0.1, 0.15) is 4.90 Å². The molecule has 0 amide bonds. The second kappa shape index (κ2) is 8.12. The van der Waals surface area contributed by atoms with E-state index in [9.17, 15) is 8.42 Å². The molecule has 3 rings (SSSR count). The van der Waals surface area contributed by atoms with Crippen LogP contribution in [0.5, 0.6) is 0 Å². The van der Waals surface area contributed by atoms with Gasteiger partial charge in [-0.05, 0) is 60.5 Å². The summed E-state index contributed by atoms with van der Waals surface area (Å²) >= 11 is 7.74. The molecule has 0 saturated carbocycles. The first-order valence-corrected chi connectivity index (χ1v) is 10.7. The van der Waals surface area contributed by atoms with Crippen LogP contribution in [-0.2, 0) is 15.8 Å². The summed E-state index contributed by atoms with van der Waals surface area (Å²) in [6.07, 6.45) is 3.58. The molecule has 7 heteroatoms. The third-order valence-corrected chi connectivity index (χ3v) is 6.56. The highest BCUT2D eigenvalue weighted by Crippen LogP contribution is 2.27. The lowest BCUT2D eigenvalue weighted by atomic mass is 10.2. The van der Waals surface area contributed by atoms with E-state index < -0.39 is 10.0 Å². The fraction of sp³-hybridized carbons (Fsp3) is 0.105. The summed E-state index contributed by atoms with van der Waals surface area (Å²) in [6.45, 7) is 1.86. The maximum Gasteiger partial charge on any atom is 0.263 e. The van der Waals surface area contributed by atoms with Crippen molar-refractivity contribution in [2.24, 2.45) is 0 Å². The van der Waals surface area contributed by atoms with Crippen LogP contribution in [0, 0.1) is 6.92 Å². The van der Waals surface area contributed by atoms with Crippen LogP contribution in [0.1, 0.15) is 11.1 Å². The van der Waals surface area contributed by atoms with E-state index in [1.54, 1.807) is 42.2 Å². The van der Waals surface area contributed by atoms with Crippen LogP contribution in [-0.4, -0.2) is 13.4 Å². The van der Waals surface area contributed by atoms with Crippen LogP contribution in [0.2, 0.25) is 5.02 Å². The van der Waals surface area contributed by atoms with Crippen molar-refractivity contribution < 1.29 is 8.42 Å². The van der Waals surface area contributed by atoms with Crippen LogP contribution in [0.15, 0.2) is 76.8 Å². The summed E-state index contributed by atoms with van der Waals surface area (Å²) in [5, 5.41) is 0.209. The van der Waals surface area contributed by atoms with Crippen molar-refractivity contribution in [3.05, 3.63) is 83.1 Å². The van der Waals surface area contributed by atoms with Gasteiger partial charge < -0.3 is 0 Å². The van der Waals surface area contributed by atoms with E-state index >= 15 is 0 Å². The third-order valence-electron chi connectivity index (χ3n) is 3.61. The largest absolute Gasteiger partial charge is 0.280 e. The number of nitrogens with zero attached hydrogens (tertiary/aromatic N) is 1. The topological polar surface area (TPSA) is 59.1 Å². The molecule has 0 aliphatic heterocycles. The lowest BCUT2D eigenvalue weighted by Gasteiger charge is -2.10. The van der Waals surface area contributed by atoms with Crippen LogP contribution < -0.4 is 4.72 Å². The quantitative estimate of drug-likeness (QED) is 0.578. The number of hydrogen-bond acceptors (Lipinski definition) is 4. The molecule has 0 bridgehead atoms. The SMILES string of the molecule is Cc1ccc(S(=O)(=O)Nc2ccc(SCc3cccnc3)cc2)c(Cl)c1. The molecule has 1 heterocycles. The molecule has 1 aromatic heterocycles. The Labute approximate surface area is 162 Å². The number of halogens is 1. The lowest BCUT2D eigenvalue weighted by molar-refractivity contribution is 0.601. The summed E-state index contributed by atoms with van der Waals surface area (Å²) in [5.41, 5.74) is 2.53. The fourth-order valence-electron chi connectivity index (χ4n) is 2.30. The molecule has 134 valence electrons. The first kappa shape index (κ1) is 18.8. The van der Waals surface area contributed by atoms with E-state index in [4.69, 9.17) is 11.6 Å². The van der Waals surface area contributed by atoms with Gasteiger partial charge in [0.15, 0.2) is 0 Å². The Bertz CT molecular complexity index is 992. The molecule has 0 saturated heterocycles. The van der Waals surface area contributed by atoms with Crippen LogP contribution in [0.25, 0.3) is 0 Å². The Kier molecular flexibility index (Phi) is 5.86. The van der Waals surface area contributed by atoms with Crippen molar-refractivity contribution in [1.82, 2.24) is 4.98 Å². The highest BCUT2D eigenvalue weighted by molar-refractivity contribution is 7.98. The van der Waals surface area contributed by atoms with Gasteiger partial charge in [-0.2, -0.15) is 0 Å². The van der Waals surface area contributed by atoms with Crippen molar-refractivity contribution in [2.75, 3.05) is 4.72 Å².